The first-order valence-electron chi connectivity index (χ1n) is 8.41. The van der Waals surface area contributed by atoms with Crippen LogP contribution in [0, 0.1) is 6.92 Å². The number of pyridine rings is 1. The molecule has 1 N–H and O–H groups in total. The summed E-state index contributed by atoms with van der Waals surface area (Å²) in [6.45, 7) is 3.55. The van der Waals surface area contributed by atoms with Gasteiger partial charge < -0.3 is 9.84 Å². The number of urea groups is 1. The van der Waals surface area contributed by atoms with Crippen LogP contribution in [0.1, 0.15) is 23.9 Å². The maximum Gasteiger partial charge on any atom is 0.325 e. The van der Waals surface area contributed by atoms with E-state index in [1.54, 1.807) is 31.5 Å². The lowest BCUT2D eigenvalue weighted by Gasteiger charge is -2.22. The van der Waals surface area contributed by atoms with Crippen molar-refractivity contribution in [3.63, 3.8) is 0 Å². The minimum Gasteiger partial charge on any atom is -0.337 e. The molecule has 136 valence electrons. The number of carbonyl (C=O) groups is 2. The molecular weight excluding hydrogens is 346 g/mol. The molecule has 4 rings (SSSR count). The largest absolute Gasteiger partial charge is 0.337 e. The highest BCUT2D eigenvalue weighted by Crippen LogP contribution is 2.30. The van der Waals surface area contributed by atoms with Crippen LogP contribution < -0.4 is 5.32 Å². The summed E-state index contributed by atoms with van der Waals surface area (Å²) in [7, 11) is 0. The Balaban J connectivity index is 1.56. The van der Waals surface area contributed by atoms with Crippen molar-refractivity contribution in [2.75, 3.05) is 0 Å². The van der Waals surface area contributed by atoms with Crippen LogP contribution in [-0.2, 0) is 16.9 Å². The first kappa shape index (κ1) is 16.9. The molecule has 1 aliphatic heterocycles. The van der Waals surface area contributed by atoms with Gasteiger partial charge in [-0.1, -0.05) is 35.0 Å². The average Bonchev–Trinajstić information content (AvgIpc) is 3.22. The van der Waals surface area contributed by atoms with Crippen molar-refractivity contribution in [1.82, 2.24) is 25.3 Å². The van der Waals surface area contributed by atoms with Gasteiger partial charge in [0.15, 0.2) is 0 Å². The van der Waals surface area contributed by atoms with E-state index in [4.69, 9.17) is 4.52 Å². The van der Waals surface area contributed by atoms with E-state index < -0.39 is 11.6 Å². The zero-order chi connectivity index (χ0) is 19.0. The molecule has 0 saturated carbocycles. The quantitative estimate of drug-likeness (QED) is 0.714. The van der Waals surface area contributed by atoms with E-state index in [9.17, 15) is 9.59 Å². The summed E-state index contributed by atoms with van der Waals surface area (Å²) in [5, 5.41) is 6.65. The van der Waals surface area contributed by atoms with Crippen molar-refractivity contribution in [3.05, 3.63) is 65.8 Å². The maximum absolute atomic E-state index is 12.9. The molecule has 3 amide bonds. The number of hydrogen-bond donors (Lipinski definition) is 1. The Bertz CT molecular complexity index is 1000. The normalized spacial score (nSPS) is 19.4. The number of amides is 3. The van der Waals surface area contributed by atoms with Gasteiger partial charge in [0.25, 0.3) is 5.91 Å². The highest BCUT2D eigenvalue weighted by molar-refractivity contribution is 6.07. The van der Waals surface area contributed by atoms with Crippen LogP contribution in [0.4, 0.5) is 4.79 Å². The average molecular weight is 363 g/mol. The Labute approximate surface area is 155 Å². The lowest BCUT2D eigenvalue weighted by Crippen LogP contribution is -2.40. The third kappa shape index (κ3) is 2.95. The van der Waals surface area contributed by atoms with E-state index in [1.807, 2.05) is 31.2 Å². The second-order valence-electron chi connectivity index (χ2n) is 6.57. The first-order chi connectivity index (χ1) is 13.0. The molecule has 0 unspecified atom stereocenters. The van der Waals surface area contributed by atoms with Gasteiger partial charge in [0.05, 0.1) is 0 Å². The highest BCUT2D eigenvalue weighted by Gasteiger charge is 2.49. The van der Waals surface area contributed by atoms with Gasteiger partial charge in [0.1, 0.15) is 12.1 Å². The molecule has 1 aliphatic rings. The molecule has 8 nitrogen and oxygen atoms in total. The molecule has 8 heteroatoms. The Kier molecular flexibility index (Phi) is 3.95. The van der Waals surface area contributed by atoms with E-state index in [0.29, 0.717) is 11.4 Å². The standard InChI is InChI=1S/C19H17N5O3/c1-12-5-7-14(8-6-12)19(2)17(25)24(18(26)22-19)11-15-21-16(23-27-15)13-4-3-9-20-10-13/h3-10H,11H2,1-2H3,(H,22,26)/t19-/m1/s1. The predicted molar refractivity (Wildman–Crippen MR) is 95.1 cm³/mol. The van der Waals surface area contributed by atoms with Crippen molar-refractivity contribution in [2.45, 2.75) is 25.9 Å². The molecule has 3 heterocycles. The highest BCUT2D eigenvalue weighted by atomic mass is 16.5. The van der Waals surface area contributed by atoms with Gasteiger partial charge in [-0.2, -0.15) is 4.98 Å². The first-order valence-corrected chi connectivity index (χ1v) is 8.41. The van der Waals surface area contributed by atoms with Crippen molar-refractivity contribution in [1.29, 1.82) is 0 Å². The Morgan fingerprint density at radius 1 is 1.19 bits per heavy atom. The van der Waals surface area contributed by atoms with Crippen LogP contribution in [0.25, 0.3) is 11.4 Å². The molecule has 1 fully saturated rings. The molecule has 0 bridgehead atoms. The molecule has 1 atom stereocenters. The number of aryl methyl sites for hydroxylation is 1. The van der Waals surface area contributed by atoms with Gasteiger partial charge in [-0.15, -0.1) is 0 Å². The van der Waals surface area contributed by atoms with Crippen LogP contribution in [0.15, 0.2) is 53.3 Å². The number of aromatic nitrogens is 3. The SMILES string of the molecule is Cc1ccc([C@@]2(C)NC(=O)N(Cc3nc(-c4cccnc4)no3)C2=O)cc1. The Morgan fingerprint density at radius 3 is 2.67 bits per heavy atom. The second-order valence-corrected chi connectivity index (χ2v) is 6.57. The van der Waals surface area contributed by atoms with Crippen molar-refractivity contribution < 1.29 is 14.1 Å². The minimum atomic E-state index is -1.13. The molecule has 3 aromatic rings. The van der Waals surface area contributed by atoms with Gasteiger partial charge in [-0.3, -0.25) is 14.7 Å². The summed E-state index contributed by atoms with van der Waals surface area (Å²) < 4.78 is 5.20. The van der Waals surface area contributed by atoms with Gasteiger partial charge in [-0.05, 0) is 31.5 Å². The summed E-state index contributed by atoms with van der Waals surface area (Å²) in [6.07, 6.45) is 3.25. The topological polar surface area (TPSA) is 101 Å². The molecule has 0 aliphatic carbocycles. The third-order valence-electron chi connectivity index (χ3n) is 4.59. The molecule has 0 spiro atoms. The summed E-state index contributed by atoms with van der Waals surface area (Å²) in [5.41, 5.74) is 1.35. The van der Waals surface area contributed by atoms with Gasteiger partial charge >= 0.3 is 6.03 Å². The fourth-order valence-corrected chi connectivity index (χ4v) is 2.99. The maximum atomic E-state index is 12.9. The minimum absolute atomic E-state index is 0.0978. The van der Waals surface area contributed by atoms with Gasteiger partial charge in [0.2, 0.25) is 11.7 Å². The van der Waals surface area contributed by atoms with E-state index >= 15 is 0 Å². The van der Waals surface area contributed by atoms with Crippen LogP contribution in [0.3, 0.4) is 0 Å². The third-order valence-corrected chi connectivity index (χ3v) is 4.59. The number of rotatable bonds is 4. The lowest BCUT2D eigenvalue weighted by molar-refractivity contribution is -0.131. The van der Waals surface area contributed by atoms with Crippen molar-refractivity contribution in [3.8, 4) is 11.4 Å². The van der Waals surface area contributed by atoms with E-state index in [0.717, 1.165) is 16.0 Å². The van der Waals surface area contributed by atoms with E-state index in [2.05, 4.69) is 20.4 Å². The molecule has 1 aromatic carbocycles. The fourth-order valence-electron chi connectivity index (χ4n) is 2.99. The number of benzene rings is 1. The van der Waals surface area contributed by atoms with E-state index in [-0.39, 0.29) is 18.3 Å². The van der Waals surface area contributed by atoms with Crippen LogP contribution in [0.5, 0.6) is 0 Å². The molecular formula is C19H17N5O3. The number of nitrogens with zero attached hydrogens (tertiary/aromatic N) is 4. The summed E-state index contributed by atoms with van der Waals surface area (Å²) in [4.78, 5) is 34.7. The van der Waals surface area contributed by atoms with E-state index in [1.165, 1.54) is 0 Å². The van der Waals surface area contributed by atoms with Crippen molar-refractivity contribution in [2.24, 2.45) is 0 Å². The lowest BCUT2D eigenvalue weighted by atomic mass is 9.91. The molecule has 0 radical (unpaired) electrons. The van der Waals surface area contributed by atoms with Crippen LogP contribution in [-0.4, -0.2) is 32.0 Å². The second kappa shape index (κ2) is 6.31. The molecule has 27 heavy (non-hydrogen) atoms. The van der Waals surface area contributed by atoms with Gasteiger partial charge in [0, 0.05) is 18.0 Å². The number of nitrogens with one attached hydrogen (secondary N) is 1. The number of hydrogen-bond acceptors (Lipinski definition) is 6. The monoisotopic (exact) mass is 363 g/mol. The van der Waals surface area contributed by atoms with Crippen molar-refractivity contribution >= 4 is 11.9 Å². The smallest absolute Gasteiger partial charge is 0.325 e. The molecule has 2 aromatic heterocycles. The zero-order valence-electron chi connectivity index (χ0n) is 14.8. The fraction of sp³-hybridized carbons (Fsp3) is 0.211. The Hall–Kier alpha value is -3.55. The summed E-state index contributed by atoms with van der Waals surface area (Å²) in [5.74, 6) is 0.162. The van der Waals surface area contributed by atoms with Crippen LogP contribution in [0.2, 0.25) is 0 Å². The summed E-state index contributed by atoms with van der Waals surface area (Å²) >= 11 is 0. The predicted octanol–water partition coefficient (Wildman–Crippen LogP) is 2.41. The van der Waals surface area contributed by atoms with Crippen LogP contribution >= 0.6 is 0 Å². The van der Waals surface area contributed by atoms with Gasteiger partial charge in [-0.25, -0.2) is 4.79 Å². The summed E-state index contributed by atoms with van der Waals surface area (Å²) in [6, 6.07) is 10.5. The number of imide groups is 1. The Morgan fingerprint density at radius 2 is 1.96 bits per heavy atom. The zero-order valence-corrected chi connectivity index (χ0v) is 14.8. The number of carbonyl (C=O) groups excluding carboxylic acids is 2. The molecule has 1 saturated heterocycles.